The van der Waals surface area contributed by atoms with Gasteiger partial charge in [0.05, 0.1) is 6.61 Å². The topological polar surface area (TPSA) is 239 Å². The van der Waals surface area contributed by atoms with Gasteiger partial charge in [-0.3, -0.25) is 4.57 Å². The summed E-state index contributed by atoms with van der Waals surface area (Å²) >= 11 is 0. The van der Waals surface area contributed by atoms with E-state index in [0.717, 1.165) is 4.73 Å². The fraction of sp³-hybridized carbons (Fsp3) is 0.375. The minimum atomic E-state index is -5.49. The summed E-state index contributed by atoms with van der Waals surface area (Å²) in [5.74, 6) is 0.142. The van der Waals surface area contributed by atoms with E-state index in [1.54, 1.807) is 0 Å². The zero-order valence-electron chi connectivity index (χ0n) is 13.1. The van der Waals surface area contributed by atoms with Crippen molar-refractivity contribution in [3.63, 3.8) is 0 Å². The molecule has 2 aromatic heterocycles. The molecule has 2 unspecified atom stereocenters. The second-order valence-electron chi connectivity index (χ2n) is 4.63. The van der Waals surface area contributed by atoms with Gasteiger partial charge in [-0.05, 0) is 0 Å². The highest BCUT2D eigenvalue weighted by molar-refractivity contribution is 7.68. The number of anilines is 1. The van der Waals surface area contributed by atoms with Crippen LogP contribution in [-0.4, -0.2) is 58.8 Å². The maximum Gasteiger partial charge on any atom is 0.488 e. The quantitative estimate of drug-likeness (QED) is 0.221. The molecule has 0 aliphatic rings. The van der Waals surface area contributed by atoms with Crippen LogP contribution in [0.4, 0.5) is 5.82 Å². The van der Waals surface area contributed by atoms with Gasteiger partial charge in [0, 0.05) is 0 Å². The Morgan fingerprint density at radius 2 is 1.74 bits per heavy atom. The van der Waals surface area contributed by atoms with Gasteiger partial charge >= 0.3 is 23.2 Å². The Morgan fingerprint density at radius 1 is 1.04 bits per heavy atom. The zero-order chi connectivity index (χ0) is 20.3. The average Bonchev–Trinajstić information content (AvgIpc) is 2.87. The number of nitrogen functional groups attached to an aromatic ring is 1. The van der Waals surface area contributed by atoms with Gasteiger partial charge in [-0.15, -0.1) is 0 Å². The van der Waals surface area contributed by atoms with E-state index in [9.17, 15) is 18.6 Å². The molecule has 0 amide bonds. The first-order valence-corrected chi connectivity index (χ1v) is 11.4. The average molecular weight is 449 g/mol. The number of aromatic nitrogens is 4. The number of hydrogen-bond donors (Lipinski definition) is 5. The molecule has 0 aliphatic heterocycles. The highest BCUT2D eigenvalue weighted by Gasteiger charge is 2.39. The summed E-state index contributed by atoms with van der Waals surface area (Å²) in [4.78, 5) is 52.0. The van der Waals surface area contributed by atoms with E-state index in [1.807, 2.05) is 0 Å². The van der Waals surface area contributed by atoms with Gasteiger partial charge in [-0.25, -0.2) is 28.4 Å². The van der Waals surface area contributed by atoms with Gasteiger partial charge in [0.2, 0.25) is 5.65 Å². The van der Waals surface area contributed by atoms with E-state index in [1.165, 1.54) is 12.7 Å². The molecule has 6 N–H and O–H groups in total. The Kier molecular flexibility index (Phi) is 6.71. The van der Waals surface area contributed by atoms with Gasteiger partial charge in [0.1, 0.15) is 25.6 Å². The highest BCUT2D eigenvalue weighted by atomic mass is 31.3. The first-order chi connectivity index (χ1) is 12.4. The summed E-state index contributed by atoms with van der Waals surface area (Å²) in [5.41, 5.74) is 6.17. The Bertz CT molecular complexity index is 943. The van der Waals surface area contributed by atoms with E-state index in [0.29, 0.717) is 5.52 Å². The van der Waals surface area contributed by atoms with Gasteiger partial charge in [0.15, 0.2) is 11.3 Å². The first kappa shape index (κ1) is 21.9. The van der Waals surface area contributed by atoms with Crippen LogP contribution in [0.25, 0.3) is 11.2 Å². The lowest BCUT2D eigenvalue weighted by atomic mass is 10.5. The van der Waals surface area contributed by atoms with Crippen LogP contribution in [0.3, 0.4) is 0 Å². The lowest BCUT2D eigenvalue weighted by molar-refractivity contribution is 0.0521. The van der Waals surface area contributed by atoms with Crippen LogP contribution in [0.2, 0.25) is 0 Å². The molecule has 2 atom stereocenters. The molecular formula is C8H14N5O11P3. The first-order valence-electron chi connectivity index (χ1n) is 6.66. The summed E-state index contributed by atoms with van der Waals surface area (Å²) in [5, 5.41) is 0. The van der Waals surface area contributed by atoms with Gasteiger partial charge < -0.3 is 34.9 Å². The molecule has 27 heavy (non-hydrogen) atoms. The maximum atomic E-state index is 11.6. The second kappa shape index (κ2) is 8.29. The molecule has 0 radical (unpaired) electrons. The Hall–Kier alpha value is -1.44. The fourth-order valence-electron chi connectivity index (χ4n) is 1.64. The van der Waals surface area contributed by atoms with E-state index < -0.39 is 29.6 Å². The lowest BCUT2D eigenvalue weighted by Gasteiger charge is -2.16. The molecule has 2 rings (SSSR count). The van der Waals surface area contributed by atoms with Crippen molar-refractivity contribution >= 4 is 40.2 Å². The number of nitrogens with two attached hydrogens (primary N) is 1. The van der Waals surface area contributed by atoms with Gasteiger partial charge in [0.25, 0.3) is 0 Å². The fourth-order valence-corrected chi connectivity index (χ4v) is 4.94. The largest absolute Gasteiger partial charge is 0.488 e. The molecule has 152 valence electrons. The number of imidazole rings is 1. The van der Waals surface area contributed by atoms with Crippen LogP contribution < -0.4 is 10.6 Å². The number of ether oxygens (including phenoxy) is 1. The smallest absolute Gasteiger partial charge is 0.408 e. The monoisotopic (exact) mass is 449 g/mol. The van der Waals surface area contributed by atoms with E-state index in [4.69, 9.17) is 30.0 Å². The van der Waals surface area contributed by atoms with Crippen LogP contribution in [-0.2, 0) is 27.1 Å². The minimum Gasteiger partial charge on any atom is -0.408 e. The zero-order valence-corrected chi connectivity index (χ0v) is 15.8. The van der Waals surface area contributed by atoms with Crippen LogP contribution in [0.15, 0.2) is 12.7 Å². The number of rotatable bonds is 10. The van der Waals surface area contributed by atoms with Crippen molar-refractivity contribution < 1.29 is 51.5 Å². The van der Waals surface area contributed by atoms with Crippen molar-refractivity contribution in [2.75, 3.05) is 25.3 Å². The van der Waals surface area contributed by atoms with Crippen molar-refractivity contribution in [3.05, 3.63) is 12.7 Å². The summed E-state index contributed by atoms with van der Waals surface area (Å²) < 4.78 is 46.4. The summed E-state index contributed by atoms with van der Waals surface area (Å²) in [6, 6.07) is 0. The Balaban J connectivity index is 1.80. The van der Waals surface area contributed by atoms with E-state index >= 15 is 0 Å². The molecule has 0 saturated carbocycles. The number of phosphoric acid groups is 2. The summed E-state index contributed by atoms with van der Waals surface area (Å²) in [7, 11) is -15.8. The highest BCUT2D eigenvalue weighted by Crippen LogP contribution is 2.65. The van der Waals surface area contributed by atoms with Gasteiger partial charge in [-0.2, -0.15) is 9.04 Å². The Labute approximate surface area is 150 Å². The molecule has 2 aromatic rings. The summed E-state index contributed by atoms with van der Waals surface area (Å²) in [6.45, 7) is -0.436. The van der Waals surface area contributed by atoms with Crippen LogP contribution in [0.1, 0.15) is 0 Å². The number of nitrogens with zero attached hydrogens (tertiary/aromatic N) is 4. The number of fused-ring (bicyclic) bond motifs is 1. The molecule has 0 saturated heterocycles. The molecule has 2 heterocycles. The molecule has 0 aliphatic carbocycles. The predicted molar refractivity (Wildman–Crippen MR) is 85.9 cm³/mol. The molecule has 0 bridgehead atoms. The molecule has 16 nitrogen and oxygen atoms in total. The van der Waals surface area contributed by atoms with Crippen molar-refractivity contribution in [2.45, 2.75) is 0 Å². The van der Waals surface area contributed by atoms with E-state index in [2.05, 4.69) is 23.6 Å². The van der Waals surface area contributed by atoms with Gasteiger partial charge in [-0.1, -0.05) is 0 Å². The normalized spacial score (nSPS) is 16.7. The minimum absolute atomic E-state index is 0.142. The van der Waals surface area contributed by atoms with Crippen molar-refractivity contribution in [1.82, 2.24) is 19.7 Å². The predicted octanol–water partition coefficient (Wildman–Crippen LogP) is -0.777. The molecular weight excluding hydrogens is 435 g/mol. The summed E-state index contributed by atoms with van der Waals surface area (Å²) in [6.07, 6.45) is 1.38. The Morgan fingerprint density at radius 3 is 2.41 bits per heavy atom. The molecule has 0 spiro atoms. The third-order valence-corrected chi connectivity index (χ3v) is 6.52. The number of hydrogen-bond acceptors (Lipinski definition) is 11. The van der Waals surface area contributed by atoms with E-state index in [-0.39, 0.29) is 24.7 Å². The standard InChI is InChI=1S/C8H14N5O11P3/c9-7-6-8(11-3-10-7)13(4-12-6)22-2-1-21-5-25(14,15)23-27(19,20)24-26(16,17)18/h3-4H,1-2,5H2,(H,14,15)(H,19,20)(H2,9,10,11)(H2,16,17,18). The molecule has 19 heteroatoms. The van der Waals surface area contributed by atoms with Crippen molar-refractivity contribution in [1.29, 1.82) is 0 Å². The lowest BCUT2D eigenvalue weighted by Crippen LogP contribution is -2.17. The second-order valence-corrected chi connectivity index (χ2v) is 9.39. The van der Waals surface area contributed by atoms with Crippen LogP contribution in [0, 0.1) is 0 Å². The van der Waals surface area contributed by atoms with Crippen LogP contribution in [0.5, 0.6) is 0 Å². The SMILES string of the molecule is Nc1ncnc2c1ncn2OCCOCP(=O)(O)OP(=O)(O)OP(=O)(O)O. The third kappa shape index (κ3) is 6.90. The molecule has 0 fully saturated rings. The maximum absolute atomic E-state index is 11.6. The molecule has 0 aromatic carbocycles. The van der Waals surface area contributed by atoms with Crippen molar-refractivity contribution in [2.24, 2.45) is 0 Å². The van der Waals surface area contributed by atoms with Crippen molar-refractivity contribution in [3.8, 4) is 0 Å². The van der Waals surface area contributed by atoms with Crippen LogP contribution >= 0.6 is 23.2 Å². The third-order valence-electron chi connectivity index (χ3n) is 2.48.